The first-order valence-corrected chi connectivity index (χ1v) is 8.29. The van der Waals surface area contributed by atoms with E-state index in [-0.39, 0.29) is 24.6 Å². The molecule has 0 saturated heterocycles. The smallest absolute Gasteiger partial charge is 0.273 e. The number of benzene rings is 1. The number of aryl methyl sites for hydroxylation is 3. The van der Waals surface area contributed by atoms with Crippen LogP contribution in [0.25, 0.3) is 11.3 Å². The van der Waals surface area contributed by atoms with E-state index in [9.17, 15) is 14.0 Å². The third kappa shape index (κ3) is 4.60. The molecule has 2 heterocycles. The number of hydrogen-bond donors (Lipinski definition) is 2. The number of nitrogens with zero attached hydrogens (tertiary/aromatic N) is 1. The molecule has 0 bridgehead atoms. The van der Waals surface area contributed by atoms with Crippen LogP contribution in [0.2, 0.25) is 0 Å². The molecular weight excluding hydrogens is 353 g/mol. The van der Waals surface area contributed by atoms with Gasteiger partial charge < -0.3 is 8.83 Å². The molecule has 2 aromatic heterocycles. The van der Waals surface area contributed by atoms with Crippen LogP contribution in [0.4, 0.5) is 4.39 Å². The summed E-state index contributed by atoms with van der Waals surface area (Å²) in [6.45, 7) is 3.41. The van der Waals surface area contributed by atoms with E-state index >= 15 is 0 Å². The fourth-order valence-corrected chi connectivity index (χ4v) is 2.51. The molecule has 2 N–H and O–H groups in total. The molecule has 0 atom stereocenters. The zero-order chi connectivity index (χ0) is 19.4. The molecule has 1 aromatic carbocycles. The van der Waals surface area contributed by atoms with E-state index in [4.69, 9.17) is 8.83 Å². The maximum atomic E-state index is 13.0. The standard InChI is InChI=1S/C19H18FN3O4/c1-11-9-15(12(2)26-11)19(25)23-22-17(24)7-8-18-21-10-16(27-18)13-3-5-14(20)6-4-13/h3-6,9-10H,7-8H2,1-2H3,(H,22,24)(H,23,25). The lowest BCUT2D eigenvalue weighted by Gasteiger charge is -2.05. The highest BCUT2D eigenvalue weighted by atomic mass is 19.1. The number of nitrogens with one attached hydrogen (secondary N) is 2. The number of carbonyl (C=O) groups is 2. The Hall–Kier alpha value is -3.42. The van der Waals surface area contributed by atoms with Crippen molar-refractivity contribution in [3.63, 3.8) is 0 Å². The lowest BCUT2D eigenvalue weighted by Crippen LogP contribution is -2.41. The van der Waals surface area contributed by atoms with Gasteiger partial charge in [0.15, 0.2) is 11.7 Å². The number of oxazole rings is 1. The second kappa shape index (κ2) is 7.86. The van der Waals surface area contributed by atoms with Crippen LogP contribution < -0.4 is 10.9 Å². The number of hydrazine groups is 1. The highest BCUT2D eigenvalue weighted by Gasteiger charge is 2.14. The number of carbonyl (C=O) groups excluding carboxylic acids is 2. The molecule has 0 aliphatic carbocycles. The van der Waals surface area contributed by atoms with Gasteiger partial charge in [-0.25, -0.2) is 9.37 Å². The summed E-state index contributed by atoms with van der Waals surface area (Å²) in [5, 5.41) is 0. The van der Waals surface area contributed by atoms with Crippen molar-refractivity contribution < 1.29 is 22.8 Å². The van der Waals surface area contributed by atoms with Crippen LogP contribution in [0.3, 0.4) is 0 Å². The first kappa shape index (κ1) is 18.4. The maximum absolute atomic E-state index is 13.0. The fourth-order valence-electron chi connectivity index (χ4n) is 2.51. The Morgan fingerprint density at radius 1 is 1.11 bits per heavy atom. The molecule has 8 heteroatoms. The molecule has 140 valence electrons. The van der Waals surface area contributed by atoms with Crippen molar-refractivity contribution in [1.82, 2.24) is 15.8 Å². The first-order valence-electron chi connectivity index (χ1n) is 8.29. The molecule has 0 fully saturated rings. The van der Waals surface area contributed by atoms with Crippen LogP contribution in [0.1, 0.15) is 34.2 Å². The Bertz CT molecular complexity index is 960. The first-order chi connectivity index (χ1) is 12.9. The zero-order valence-corrected chi connectivity index (χ0v) is 14.8. The van der Waals surface area contributed by atoms with Gasteiger partial charge in [0.05, 0.1) is 11.8 Å². The molecule has 0 aliphatic heterocycles. The van der Waals surface area contributed by atoms with Crippen molar-refractivity contribution in [2.75, 3.05) is 0 Å². The molecule has 3 aromatic rings. The van der Waals surface area contributed by atoms with E-state index in [0.29, 0.717) is 34.3 Å². The Morgan fingerprint density at radius 3 is 2.52 bits per heavy atom. The summed E-state index contributed by atoms with van der Waals surface area (Å²) in [4.78, 5) is 28.0. The van der Waals surface area contributed by atoms with E-state index in [1.54, 1.807) is 32.0 Å². The fraction of sp³-hybridized carbons (Fsp3) is 0.211. The van der Waals surface area contributed by atoms with Gasteiger partial charge in [-0.15, -0.1) is 0 Å². The number of aromatic nitrogens is 1. The Kier molecular flexibility index (Phi) is 5.35. The predicted molar refractivity (Wildman–Crippen MR) is 94.0 cm³/mol. The Labute approximate surface area is 154 Å². The second-order valence-corrected chi connectivity index (χ2v) is 5.95. The number of furan rings is 1. The normalized spacial score (nSPS) is 10.6. The Morgan fingerprint density at radius 2 is 1.85 bits per heavy atom. The molecule has 0 aliphatic rings. The minimum absolute atomic E-state index is 0.0764. The summed E-state index contributed by atoms with van der Waals surface area (Å²) in [5.41, 5.74) is 5.74. The topological polar surface area (TPSA) is 97.4 Å². The highest BCUT2D eigenvalue weighted by molar-refractivity contribution is 5.96. The lowest BCUT2D eigenvalue weighted by atomic mass is 10.2. The van der Waals surface area contributed by atoms with Crippen LogP contribution in [0.15, 0.2) is 45.4 Å². The van der Waals surface area contributed by atoms with Gasteiger partial charge >= 0.3 is 0 Å². The van der Waals surface area contributed by atoms with Crippen molar-refractivity contribution in [3.05, 3.63) is 65.3 Å². The monoisotopic (exact) mass is 371 g/mol. The predicted octanol–water partition coefficient (Wildman–Crippen LogP) is 3.08. The van der Waals surface area contributed by atoms with Gasteiger partial charge in [0.2, 0.25) is 5.91 Å². The van der Waals surface area contributed by atoms with Crippen molar-refractivity contribution in [1.29, 1.82) is 0 Å². The zero-order valence-electron chi connectivity index (χ0n) is 14.8. The van der Waals surface area contributed by atoms with Gasteiger partial charge in [0.1, 0.15) is 17.3 Å². The van der Waals surface area contributed by atoms with Crippen molar-refractivity contribution >= 4 is 11.8 Å². The third-order valence-electron chi connectivity index (χ3n) is 3.85. The maximum Gasteiger partial charge on any atom is 0.273 e. The van der Waals surface area contributed by atoms with Gasteiger partial charge in [-0.3, -0.25) is 20.4 Å². The lowest BCUT2D eigenvalue weighted by molar-refractivity contribution is -0.121. The van der Waals surface area contributed by atoms with Crippen LogP contribution in [0, 0.1) is 19.7 Å². The molecular formula is C19H18FN3O4. The van der Waals surface area contributed by atoms with Gasteiger partial charge in [-0.1, -0.05) is 0 Å². The second-order valence-electron chi connectivity index (χ2n) is 5.95. The van der Waals surface area contributed by atoms with E-state index in [1.807, 2.05) is 0 Å². The molecule has 3 rings (SSSR count). The van der Waals surface area contributed by atoms with E-state index < -0.39 is 5.91 Å². The summed E-state index contributed by atoms with van der Waals surface area (Å²) in [6.07, 6.45) is 1.85. The van der Waals surface area contributed by atoms with Gasteiger partial charge in [-0.2, -0.15) is 0 Å². The summed E-state index contributed by atoms with van der Waals surface area (Å²) in [7, 11) is 0. The average molecular weight is 371 g/mol. The molecule has 27 heavy (non-hydrogen) atoms. The van der Waals surface area contributed by atoms with E-state index in [0.717, 1.165) is 0 Å². The number of amides is 2. The number of halogens is 1. The van der Waals surface area contributed by atoms with Gasteiger partial charge in [0, 0.05) is 18.4 Å². The molecule has 7 nitrogen and oxygen atoms in total. The third-order valence-corrected chi connectivity index (χ3v) is 3.85. The highest BCUT2D eigenvalue weighted by Crippen LogP contribution is 2.21. The molecule has 0 unspecified atom stereocenters. The van der Waals surface area contributed by atoms with Gasteiger partial charge in [-0.05, 0) is 44.2 Å². The van der Waals surface area contributed by atoms with E-state index in [2.05, 4.69) is 15.8 Å². The largest absolute Gasteiger partial charge is 0.466 e. The SMILES string of the molecule is Cc1cc(C(=O)NNC(=O)CCc2ncc(-c3ccc(F)cc3)o2)c(C)o1. The van der Waals surface area contributed by atoms with Crippen LogP contribution in [-0.4, -0.2) is 16.8 Å². The van der Waals surface area contributed by atoms with Crippen molar-refractivity contribution in [3.8, 4) is 11.3 Å². The van der Waals surface area contributed by atoms with Crippen LogP contribution in [-0.2, 0) is 11.2 Å². The summed E-state index contributed by atoms with van der Waals surface area (Å²) in [6, 6.07) is 7.43. The van der Waals surface area contributed by atoms with Crippen LogP contribution >= 0.6 is 0 Å². The van der Waals surface area contributed by atoms with Crippen molar-refractivity contribution in [2.45, 2.75) is 26.7 Å². The summed E-state index contributed by atoms with van der Waals surface area (Å²) < 4.78 is 23.8. The summed E-state index contributed by atoms with van der Waals surface area (Å²) in [5.74, 6) is 0.784. The van der Waals surface area contributed by atoms with E-state index in [1.165, 1.54) is 18.3 Å². The molecule has 0 saturated carbocycles. The average Bonchev–Trinajstić information content (AvgIpc) is 3.24. The number of hydrogen-bond acceptors (Lipinski definition) is 5. The molecule has 2 amide bonds. The number of rotatable bonds is 5. The minimum Gasteiger partial charge on any atom is -0.466 e. The quantitative estimate of drug-likeness (QED) is 0.672. The minimum atomic E-state index is -0.451. The molecule has 0 spiro atoms. The summed E-state index contributed by atoms with van der Waals surface area (Å²) >= 11 is 0. The van der Waals surface area contributed by atoms with Crippen molar-refractivity contribution in [2.24, 2.45) is 0 Å². The van der Waals surface area contributed by atoms with Crippen LogP contribution in [0.5, 0.6) is 0 Å². The molecule has 0 radical (unpaired) electrons. The Balaban J connectivity index is 1.49. The van der Waals surface area contributed by atoms with Gasteiger partial charge in [0.25, 0.3) is 5.91 Å².